The topological polar surface area (TPSA) is 140 Å². The lowest BCUT2D eigenvalue weighted by Crippen LogP contribution is -2.30. The van der Waals surface area contributed by atoms with Gasteiger partial charge in [0.2, 0.25) is 0 Å². The van der Waals surface area contributed by atoms with Crippen molar-refractivity contribution in [1.29, 1.82) is 0 Å². The molecule has 2 aromatic carbocycles. The first-order chi connectivity index (χ1) is 17.9. The van der Waals surface area contributed by atoms with Gasteiger partial charge in [-0.05, 0) is 37.0 Å². The molecule has 0 unspecified atom stereocenters. The fourth-order valence-corrected chi connectivity index (χ4v) is 4.63. The lowest BCUT2D eigenvalue weighted by atomic mass is 9.89. The van der Waals surface area contributed by atoms with Crippen molar-refractivity contribution in [1.82, 2.24) is 19.9 Å². The predicted molar refractivity (Wildman–Crippen MR) is 136 cm³/mol. The van der Waals surface area contributed by atoms with Crippen molar-refractivity contribution in [2.45, 2.75) is 32.1 Å². The number of aromatic hydroxyl groups is 1. The minimum atomic E-state index is -0.636. The summed E-state index contributed by atoms with van der Waals surface area (Å²) in [5.41, 5.74) is 2.06. The molecule has 2 N–H and O–H groups in total. The molecule has 1 amide bonds. The monoisotopic (exact) mass is 499 g/mol. The van der Waals surface area contributed by atoms with Crippen LogP contribution in [0.15, 0.2) is 60.9 Å². The molecule has 1 aliphatic rings. The zero-order chi connectivity index (χ0) is 25.9. The summed E-state index contributed by atoms with van der Waals surface area (Å²) in [5, 5.41) is 28.6. The van der Waals surface area contributed by atoms with Crippen LogP contribution in [-0.2, 0) is 0 Å². The average molecular weight is 500 g/mol. The Bertz CT molecular complexity index is 1490. The highest BCUT2D eigenvalue weighted by Gasteiger charge is 2.20. The highest BCUT2D eigenvalue weighted by atomic mass is 16.6. The predicted octanol–water partition coefficient (Wildman–Crippen LogP) is 4.55. The lowest BCUT2D eigenvalue weighted by molar-refractivity contribution is -0.384. The van der Waals surface area contributed by atoms with Gasteiger partial charge >= 0.3 is 0 Å². The van der Waals surface area contributed by atoms with Crippen molar-refractivity contribution in [2.75, 3.05) is 6.54 Å². The molecule has 0 atom stereocenters. The summed E-state index contributed by atoms with van der Waals surface area (Å²) in [7, 11) is 0. The number of benzene rings is 2. The Morgan fingerprint density at radius 1 is 1.05 bits per heavy atom. The number of fused-ring (bicyclic) bond motifs is 1. The first kappa shape index (κ1) is 24.1. The van der Waals surface area contributed by atoms with Crippen molar-refractivity contribution in [3.63, 3.8) is 0 Å². The van der Waals surface area contributed by atoms with E-state index in [1.54, 1.807) is 18.2 Å². The number of nitro benzene ring substituents is 1. The first-order valence-corrected chi connectivity index (χ1v) is 12.2. The summed E-state index contributed by atoms with van der Waals surface area (Å²) in [6.07, 6.45) is 8.87. The molecule has 4 aromatic rings. The van der Waals surface area contributed by atoms with Crippen molar-refractivity contribution >= 4 is 23.0 Å². The van der Waals surface area contributed by atoms with E-state index in [1.807, 2.05) is 12.1 Å². The van der Waals surface area contributed by atoms with Gasteiger partial charge in [0.15, 0.2) is 11.4 Å². The number of nitro groups is 1. The number of nitrogens with one attached hydrogen (secondary N) is 1. The zero-order valence-corrected chi connectivity index (χ0v) is 20.0. The van der Waals surface area contributed by atoms with Crippen LogP contribution in [0.4, 0.5) is 5.69 Å². The van der Waals surface area contributed by atoms with Crippen LogP contribution in [0.2, 0.25) is 0 Å². The maximum absolute atomic E-state index is 12.9. The summed E-state index contributed by atoms with van der Waals surface area (Å²) < 4.78 is 1.43. The smallest absolute Gasteiger partial charge is 0.270 e. The Balaban J connectivity index is 1.32. The van der Waals surface area contributed by atoms with Crippen LogP contribution in [0.5, 0.6) is 5.75 Å². The molecule has 0 radical (unpaired) electrons. The first-order valence-electron chi connectivity index (χ1n) is 12.2. The summed E-state index contributed by atoms with van der Waals surface area (Å²) in [6.45, 7) is 0.702. The molecule has 2 aromatic heterocycles. The van der Waals surface area contributed by atoms with E-state index in [-0.39, 0.29) is 28.5 Å². The van der Waals surface area contributed by atoms with Gasteiger partial charge in [-0.15, -0.1) is 0 Å². The number of non-ortho nitro benzene ring substituents is 1. The van der Waals surface area contributed by atoms with Crippen LogP contribution in [0.1, 0.15) is 58.4 Å². The Hall–Kier alpha value is -4.60. The third-order valence-electron chi connectivity index (χ3n) is 6.73. The molecule has 2 heterocycles. The molecular weight excluding hydrogens is 474 g/mol. The number of aromatic nitrogens is 3. The number of rotatable bonds is 7. The molecule has 1 aliphatic carbocycles. The normalized spacial score (nSPS) is 13.9. The van der Waals surface area contributed by atoms with Crippen molar-refractivity contribution < 1.29 is 19.6 Å². The lowest BCUT2D eigenvalue weighted by Gasteiger charge is -2.21. The van der Waals surface area contributed by atoms with E-state index in [1.165, 1.54) is 49.0 Å². The second kappa shape index (κ2) is 10.2. The van der Waals surface area contributed by atoms with Gasteiger partial charge in [-0.3, -0.25) is 19.7 Å². The molecule has 10 nitrogen and oxygen atoms in total. The molecule has 0 saturated heterocycles. The molecule has 0 aliphatic heterocycles. The molecule has 0 bridgehead atoms. The number of nitrogens with zero attached hydrogens (tertiary/aromatic N) is 4. The van der Waals surface area contributed by atoms with E-state index in [2.05, 4.69) is 15.4 Å². The third-order valence-corrected chi connectivity index (χ3v) is 6.73. The zero-order valence-electron chi connectivity index (χ0n) is 20.0. The highest BCUT2D eigenvalue weighted by molar-refractivity contribution is 6.10. The van der Waals surface area contributed by atoms with Gasteiger partial charge in [-0.25, -0.2) is 9.50 Å². The fraction of sp³-hybridized carbons (Fsp3) is 0.259. The van der Waals surface area contributed by atoms with Gasteiger partial charge in [-0.1, -0.05) is 31.4 Å². The number of ketones is 1. The molecular formula is C27H25N5O5. The Morgan fingerprint density at radius 3 is 2.54 bits per heavy atom. The number of phenolic OH excluding ortho intramolecular Hbond substituents is 1. The van der Waals surface area contributed by atoms with Crippen LogP contribution in [0.3, 0.4) is 0 Å². The van der Waals surface area contributed by atoms with E-state index in [4.69, 9.17) is 0 Å². The van der Waals surface area contributed by atoms with Crippen molar-refractivity contribution in [3.8, 4) is 17.0 Å². The van der Waals surface area contributed by atoms with E-state index in [0.29, 0.717) is 29.4 Å². The van der Waals surface area contributed by atoms with E-state index in [9.17, 15) is 24.8 Å². The van der Waals surface area contributed by atoms with Gasteiger partial charge in [0.05, 0.1) is 21.7 Å². The maximum atomic E-state index is 12.9. The quantitative estimate of drug-likeness (QED) is 0.216. The summed E-state index contributed by atoms with van der Waals surface area (Å²) >= 11 is 0. The molecule has 37 heavy (non-hydrogen) atoms. The number of hydrogen-bond donors (Lipinski definition) is 2. The highest BCUT2D eigenvalue weighted by Crippen LogP contribution is 2.26. The van der Waals surface area contributed by atoms with Gasteiger partial charge in [0.25, 0.3) is 11.6 Å². The fourth-order valence-electron chi connectivity index (χ4n) is 4.63. The van der Waals surface area contributed by atoms with E-state index >= 15 is 0 Å². The molecule has 0 spiro atoms. The Labute approximate surface area is 212 Å². The number of carbonyl (C=O) groups is 2. The minimum Gasteiger partial charge on any atom is -0.507 e. The van der Waals surface area contributed by atoms with E-state index < -0.39 is 10.7 Å². The minimum absolute atomic E-state index is 0.0960. The summed E-state index contributed by atoms with van der Waals surface area (Å²) in [4.78, 5) is 40.2. The van der Waals surface area contributed by atoms with E-state index in [0.717, 1.165) is 23.8 Å². The summed E-state index contributed by atoms with van der Waals surface area (Å²) in [6, 6.07) is 12.1. The average Bonchev–Trinajstić information content (AvgIpc) is 3.36. The molecule has 10 heteroatoms. The number of carbonyl (C=O) groups excluding carboxylic acids is 2. The second-order valence-corrected chi connectivity index (χ2v) is 9.25. The molecule has 1 fully saturated rings. The van der Waals surface area contributed by atoms with Crippen LogP contribution in [-0.4, -0.2) is 42.9 Å². The van der Waals surface area contributed by atoms with Crippen molar-refractivity contribution in [2.24, 2.45) is 5.92 Å². The SMILES string of the molecule is O=C(NCC1CCCCC1)c1ccc(-c2cc3ncc(C(=O)c4cc([N+](=O)[O-])ccc4O)cn3n2)cc1. The van der Waals surface area contributed by atoms with Gasteiger partial charge in [0, 0.05) is 48.3 Å². The number of hydrogen-bond acceptors (Lipinski definition) is 7. The second-order valence-electron chi connectivity index (χ2n) is 9.25. The Kier molecular flexibility index (Phi) is 6.63. The molecule has 1 saturated carbocycles. The molecule has 188 valence electrons. The van der Waals surface area contributed by atoms with Crippen LogP contribution in [0.25, 0.3) is 16.9 Å². The Morgan fingerprint density at radius 2 is 1.81 bits per heavy atom. The van der Waals surface area contributed by atoms with Crippen LogP contribution in [0, 0.1) is 16.0 Å². The van der Waals surface area contributed by atoms with Crippen LogP contribution >= 0.6 is 0 Å². The number of amides is 1. The third kappa shape index (κ3) is 5.18. The maximum Gasteiger partial charge on any atom is 0.270 e. The summed E-state index contributed by atoms with van der Waals surface area (Å²) in [5.74, 6) is -0.516. The van der Waals surface area contributed by atoms with Crippen LogP contribution < -0.4 is 5.32 Å². The molecule has 5 rings (SSSR count). The van der Waals surface area contributed by atoms with Gasteiger partial charge in [0.1, 0.15) is 5.75 Å². The standard InChI is InChI=1S/C27H25N5O5/c33-24-11-10-21(32(36)37)12-22(24)26(34)20-15-28-25-13-23(30-31(25)16-20)18-6-8-19(9-7-18)27(35)29-14-17-4-2-1-3-5-17/h6-13,15-17,33H,1-5,14H2,(H,29,35). The van der Waals surface area contributed by atoms with Gasteiger partial charge in [-0.2, -0.15) is 5.10 Å². The van der Waals surface area contributed by atoms with Gasteiger partial charge < -0.3 is 10.4 Å². The largest absolute Gasteiger partial charge is 0.507 e. The number of phenols is 1. The van der Waals surface area contributed by atoms with Crippen molar-refractivity contribution in [3.05, 3.63) is 87.7 Å².